The molecule has 0 aliphatic heterocycles. The minimum absolute atomic E-state index is 0.274. The lowest BCUT2D eigenvalue weighted by atomic mass is 9.87. The number of nitrogens with zero attached hydrogens (tertiary/aromatic N) is 1. The number of aliphatic hydroxyl groups is 1. The lowest BCUT2D eigenvalue weighted by Gasteiger charge is -2.25. The molecule has 0 aliphatic carbocycles. The molecule has 102 valence electrons. The van der Waals surface area contributed by atoms with Gasteiger partial charge in [-0.3, -0.25) is 0 Å². The zero-order valence-corrected chi connectivity index (χ0v) is 11.5. The molecule has 0 saturated heterocycles. The molecule has 0 aromatic heterocycles. The number of hydrogen-bond acceptors (Lipinski definition) is 2. The summed E-state index contributed by atoms with van der Waals surface area (Å²) in [7, 11) is 0. The van der Waals surface area contributed by atoms with Gasteiger partial charge in [0.1, 0.15) is 5.82 Å². The van der Waals surface area contributed by atoms with Crippen molar-refractivity contribution in [2.45, 2.75) is 25.9 Å². The summed E-state index contributed by atoms with van der Waals surface area (Å²) >= 11 is 0. The third-order valence-electron chi connectivity index (χ3n) is 3.48. The summed E-state index contributed by atoms with van der Waals surface area (Å²) in [5.74, 6) is -0.274. The van der Waals surface area contributed by atoms with Crippen molar-refractivity contribution in [1.29, 1.82) is 5.26 Å². The SMILES string of the molecule is Cc1cc(F)ccc1CC(C)(O)c1ccc(C#N)cc1. The molecule has 1 atom stereocenters. The fourth-order valence-corrected chi connectivity index (χ4v) is 2.23. The third kappa shape index (κ3) is 3.04. The van der Waals surface area contributed by atoms with E-state index < -0.39 is 5.60 Å². The Kier molecular flexibility index (Phi) is 3.87. The van der Waals surface area contributed by atoms with E-state index in [1.807, 2.05) is 13.0 Å². The van der Waals surface area contributed by atoms with Gasteiger partial charge in [0.15, 0.2) is 0 Å². The van der Waals surface area contributed by atoms with Gasteiger partial charge in [-0.15, -0.1) is 0 Å². The lowest BCUT2D eigenvalue weighted by Crippen LogP contribution is -2.24. The molecule has 1 N–H and O–H groups in total. The molecule has 0 amide bonds. The zero-order valence-electron chi connectivity index (χ0n) is 11.5. The smallest absolute Gasteiger partial charge is 0.123 e. The van der Waals surface area contributed by atoms with Crippen LogP contribution < -0.4 is 0 Å². The molecule has 2 rings (SSSR count). The van der Waals surface area contributed by atoms with Gasteiger partial charge >= 0.3 is 0 Å². The first kappa shape index (κ1) is 14.2. The first-order valence-corrected chi connectivity index (χ1v) is 6.40. The molecule has 0 spiro atoms. The van der Waals surface area contributed by atoms with Gasteiger partial charge in [0.05, 0.1) is 17.2 Å². The lowest BCUT2D eigenvalue weighted by molar-refractivity contribution is 0.0574. The van der Waals surface area contributed by atoms with Crippen LogP contribution in [-0.4, -0.2) is 5.11 Å². The average Bonchev–Trinajstić information content (AvgIpc) is 2.42. The van der Waals surface area contributed by atoms with E-state index in [4.69, 9.17) is 5.26 Å². The summed E-state index contributed by atoms with van der Waals surface area (Å²) in [6.07, 6.45) is 0.394. The van der Waals surface area contributed by atoms with E-state index in [1.54, 1.807) is 37.3 Å². The van der Waals surface area contributed by atoms with Crippen LogP contribution in [0.4, 0.5) is 4.39 Å². The molecule has 0 heterocycles. The van der Waals surface area contributed by atoms with Crippen molar-refractivity contribution in [1.82, 2.24) is 0 Å². The molecule has 2 aromatic carbocycles. The Bertz CT molecular complexity index is 654. The highest BCUT2D eigenvalue weighted by Crippen LogP contribution is 2.27. The highest BCUT2D eigenvalue weighted by molar-refractivity contribution is 5.36. The van der Waals surface area contributed by atoms with Crippen LogP contribution in [0.5, 0.6) is 0 Å². The first-order valence-electron chi connectivity index (χ1n) is 6.40. The highest BCUT2D eigenvalue weighted by atomic mass is 19.1. The highest BCUT2D eigenvalue weighted by Gasteiger charge is 2.24. The predicted molar refractivity (Wildman–Crippen MR) is 75.6 cm³/mol. The standard InChI is InChI=1S/C17H16FNO/c1-12-9-16(18)8-5-14(12)10-17(2,20)15-6-3-13(11-19)4-7-15/h3-9,20H,10H2,1-2H3. The van der Waals surface area contributed by atoms with E-state index in [1.165, 1.54) is 12.1 Å². The Morgan fingerprint density at radius 3 is 2.40 bits per heavy atom. The summed E-state index contributed by atoms with van der Waals surface area (Å²) in [4.78, 5) is 0. The average molecular weight is 269 g/mol. The molecule has 2 nitrogen and oxygen atoms in total. The van der Waals surface area contributed by atoms with Crippen LogP contribution in [-0.2, 0) is 12.0 Å². The maximum atomic E-state index is 13.1. The molecule has 2 aromatic rings. The van der Waals surface area contributed by atoms with Crippen LogP contribution in [0.2, 0.25) is 0 Å². The van der Waals surface area contributed by atoms with Gasteiger partial charge in [0.2, 0.25) is 0 Å². The van der Waals surface area contributed by atoms with Gasteiger partial charge in [0.25, 0.3) is 0 Å². The second-order valence-electron chi connectivity index (χ2n) is 5.21. The van der Waals surface area contributed by atoms with Crippen LogP contribution in [0.3, 0.4) is 0 Å². The van der Waals surface area contributed by atoms with Crippen LogP contribution >= 0.6 is 0 Å². The molecule has 0 bridgehead atoms. The minimum Gasteiger partial charge on any atom is -0.385 e. The molecular formula is C17H16FNO. The summed E-state index contributed by atoms with van der Waals surface area (Å²) in [5.41, 5.74) is 1.96. The van der Waals surface area contributed by atoms with Crippen molar-refractivity contribution in [3.8, 4) is 6.07 Å². The molecule has 0 saturated carbocycles. The van der Waals surface area contributed by atoms with Crippen molar-refractivity contribution < 1.29 is 9.50 Å². The Hall–Kier alpha value is -2.18. The maximum Gasteiger partial charge on any atom is 0.123 e. The number of hydrogen-bond donors (Lipinski definition) is 1. The van der Waals surface area contributed by atoms with Gasteiger partial charge in [-0.2, -0.15) is 5.26 Å². The summed E-state index contributed by atoms with van der Waals surface area (Å²) in [6.45, 7) is 3.55. The van der Waals surface area contributed by atoms with Crippen LogP contribution in [0.15, 0.2) is 42.5 Å². The van der Waals surface area contributed by atoms with Crippen LogP contribution in [0.1, 0.15) is 29.2 Å². The van der Waals surface area contributed by atoms with E-state index in [-0.39, 0.29) is 5.82 Å². The van der Waals surface area contributed by atoms with E-state index in [2.05, 4.69) is 0 Å². The second-order valence-corrected chi connectivity index (χ2v) is 5.21. The largest absolute Gasteiger partial charge is 0.385 e. The molecule has 3 heteroatoms. The van der Waals surface area contributed by atoms with E-state index in [0.29, 0.717) is 12.0 Å². The van der Waals surface area contributed by atoms with E-state index >= 15 is 0 Å². The van der Waals surface area contributed by atoms with E-state index in [0.717, 1.165) is 16.7 Å². The van der Waals surface area contributed by atoms with Gasteiger partial charge in [-0.1, -0.05) is 18.2 Å². The van der Waals surface area contributed by atoms with Gasteiger partial charge in [0, 0.05) is 6.42 Å². The quantitative estimate of drug-likeness (QED) is 0.927. The number of rotatable bonds is 3. The number of aryl methyl sites for hydroxylation is 1. The van der Waals surface area contributed by atoms with Crippen LogP contribution in [0, 0.1) is 24.1 Å². The van der Waals surface area contributed by atoms with Crippen molar-refractivity contribution in [2.24, 2.45) is 0 Å². The maximum absolute atomic E-state index is 13.1. The Labute approximate surface area is 118 Å². The molecule has 0 radical (unpaired) electrons. The van der Waals surface area contributed by atoms with Gasteiger partial charge in [-0.05, 0) is 54.8 Å². The molecule has 1 unspecified atom stereocenters. The normalized spacial score (nSPS) is 13.6. The molecule has 0 aliphatic rings. The zero-order chi connectivity index (χ0) is 14.8. The minimum atomic E-state index is -1.06. The van der Waals surface area contributed by atoms with Crippen molar-refractivity contribution in [3.05, 3.63) is 70.5 Å². The van der Waals surface area contributed by atoms with Crippen molar-refractivity contribution >= 4 is 0 Å². The van der Waals surface area contributed by atoms with E-state index in [9.17, 15) is 9.50 Å². The molecular weight excluding hydrogens is 253 g/mol. The monoisotopic (exact) mass is 269 g/mol. The summed E-state index contributed by atoms with van der Waals surface area (Å²) in [5, 5.41) is 19.4. The topological polar surface area (TPSA) is 44.0 Å². The third-order valence-corrected chi connectivity index (χ3v) is 3.48. The number of halogens is 1. The number of nitriles is 1. The van der Waals surface area contributed by atoms with Crippen LogP contribution in [0.25, 0.3) is 0 Å². The molecule has 0 fully saturated rings. The van der Waals surface area contributed by atoms with Gasteiger partial charge in [-0.25, -0.2) is 4.39 Å². The first-order chi connectivity index (χ1) is 9.42. The number of benzene rings is 2. The Morgan fingerprint density at radius 1 is 1.20 bits per heavy atom. The van der Waals surface area contributed by atoms with Crippen molar-refractivity contribution in [3.63, 3.8) is 0 Å². The summed E-state index contributed by atoms with van der Waals surface area (Å²) in [6, 6.07) is 13.5. The molecule has 20 heavy (non-hydrogen) atoms. The fourth-order valence-electron chi connectivity index (χ4n) is 2.23. The second kappa shape index (κ2) is 5.44. The summed E-state index contributed by atoms with van der Waals surface area (Å²) < 4.78 is 13.1. The predicted octanol–water partition coefficient (Wildman–Crippen LogP) is 3.46. The fraction of sp³-hybridized carbons (Fsp3) is 0.235. The van der Waals surface area contributed by atoms with Gasteiger partial charge < -0.3 is 5.11 Å². The Morgan fingerprint density at radius 2 is 1.85 bits per heavy atom. The Balaban J connectivity index is 2.27. The van der Waals surface area contributed by atoms with Crippen molar-refractivity contribution in [2.75, 3.05) is 0 Å².